The maximum absolute atomic E-state index is 14.3. The van der Waals surface area contributed by atoms with E-state index in [0.717, 1.165) is 69.2 Å². The molecule has 1 saturated carbocycles. The fraction of sp³-hybridized carbons (Fsp3) is 0.600. The number of halogens is 1. The van der Waals surface area contributed by atoms with Crippen molar-refractivity contribution in [3.8, 4) is 5.75 Å². The number of nitrogens with zero attached hydrogens (tertiary/aromatic N) is 2. The Morgan fingerprint density at radius 1 is 1.06 bits per heavy atom. The summed E-state index contributed by atoms with van der Waals surface area (Å²) in [6.45, 7) is 6.45. The van der Waals surface area contributed by atoms with Crippen molar-refractivity contribution in [2.45, 2.75) is 95.3 Å². The molecule has 2 aliphatic rings. The number of aliphatic hydroxyl groups excluding tert-OH is 1. The van der Waals surface area contributed by atoms with E-state index >= 15 is 0 Å². The molecule has 10 nitrogen and oxygen atoms in total. The van der Waals surface area contributed by atoms with Crippen molar-refractivity contribution in [2.75, 3.05) is 38.1 Å². The predicted octanol–water partition coefficient (Wildman–Crippen LogP) is 5.46. The fourth-order valence-electron chi connectivity index (χ4n) is 6.30. The molecular weight excluding hydrogens is 625 g/mol. The predicted molar refractivity (Wildman–Crippen MR) is 178 cm³/mol. The third-order valence-corrected chi connectivity index (χ3v) is 10.6. The number of ether oxygens (including phenoxy) is 2. The molecule has 2 aromatic carbocycles. The van der Waals surface area contributed by atoms with Crippen molar-refractivity contribution < 1.29 is 37.0 Å². The van der Waals surface area contributed by atoms with Crippen LogP contribution in [0.25, 0.3) is 0 Å². The number of fused-ring (bicyclic) bond motifs is 1. The van der Waals surface area contributed by atoms with Crippen LogP contribution in [0.15, 0.2) is 47.4 Å². The summed E-state index contributed by atoms with van der Waals surface area (Å²) < 4.78 is 54.7. The Kier molecular flexibility index (Phi) is 13.0. The van der Waals surface area contributed by atoms with Gasteiger partial charge in [-0.1, -0.05) is 26.2 Å². The van der Waals surface area contributed by atoms with Gasteiger partial charge in [-0.05, 0) is 88.4 Å². The summed E-state index contributed by atoms with van der Waals surface area (Å²) in [6.07, 6.45) is 6.83. The highest BCUT2D eigenvalue weighted by atomic mass is 32.2. The molecule has 2 aromatic rings. The van der Waals surface area contributed by atoms with Crippen LogP contribution in [0.2, 0.25) is 0 Å². The number of amides is 2. The minimum atomic E-state index is -4.08. The maximum Gasteiger partial charge on any atom is 0.261 e. The lowest BCUT2D eigenvalue weighted by molar-refractivity contribution is -0.137. The van der Waals surface area contributed by atoms with Gasteiger partial charge in [0.25, 0.3) is 15.9 Å². The van der Waals surface area contributed by atoms with Gasteiger partial charge in [0, 0.05) is 44.3 Å². The van der Waals surface area contributed by atoms with Crippen LogP contribution in [0.4, 0.5) is 10.1 Å². The standard InChI is InChI=1S/C35H50FN3O7S/c1-24-21-39(25(2)23-40)35(42)31-20-29(37-47(43,44)30-16-13-28(36)14-17-30)15-18-32(31)46-26(3)10-8-9-19-45-33(24)22-38(4)34(41)27-11-6-5-7-12-27/h13-18,20,24-27,33,37,40H,5-12,19,21-23H2,1-4H3/t24-,25-,26-,33-/m1/s1. The highest BCUT2D eigenvalue weighted by Crippen LogP contribution is 2.30. The van der Waals surface area contributed by atoms with Gasteiger partial charge in [-0.25, -0.2) is 12.8 Å². The second-order valence-electron chi connectivity index (χ2n) is 13.1. The van der Waals surface area contributed by atoms with Crippen molar-refractivity contribution in [1.82, 2.24) is 9.80 Å². The summed E-state index contributed by atoms with van der Waals surface area (Å²) in [5.41, 5.74) is 0.273. The minimum Gasteiger partial charge on any atom is -0.490 e. The molecule has 1 heterocycles. The van der Waals surface area contributed by atoms with Crippen molar-refractivity contribution in [3.05, 3.63) is 53.8 Å². The van der Waals surface area contributed by atoms with E-state index in [9.17, 15) is 27.5 Å². The van der Waals surface area contributed by atoms with Crippen LogP contribution in [0, 0.1) is 17.7 Å². The number of rotatable bonds is 8. The highest BCUT2D eigenvalue weighted by Gasteiger charge is 2.32. The second kappa shape index (κ2) is 16.7. The lowest BCUT2D eigenvalue weighted by Crippen LogP contribution is -2.48. The summed E-state index contributed by atoms with van der Waals surface area (Å²) in [6, 6.07) is 8.40. The Morgan fingerprint density at radius 3 is 2.43 bits per heavy atom. The molecule has 2 amide bonds. The number of anilines is 1. The normalized spacial score (nSPS) is 22.8. The molecule has 0 aromatic heterocycles. The van der Waals surface area contributed by atoms with Crippen LogP contribution >= 0.6 is 0 Å². The molecule has 0 bridgehead atoms. The largest absolute Gasteiger partial charge is 0.490 e. The molecule has 0 unspecified atom stereocenters. The molecule has 0 radical (unpaired) electrons. The maximum atomic E-state index is 14.3. The average molecular weight is 676 g/mol. The third-order valence-electron chi connectivity index (χ3n) is 9.21. The van der Waals surface area contributed by atoms with E-state index in [-0.39, 0.29) is 59.2 Å². The zero-order valence-corrected chi connectivity index (χ0v) is 28.8. The van der Waals surface area contributed by atoms with E-state index in [4.69, 9.17) is 9.47 Å². The summed E-state index contributed by atoms with van der Waals surface area (Å²) in [5, 5.41) is 10.2. The molecule has 1 aliphatic carbocycles. The third kappa shape index (κ3) is 9.90. The van der Waals surface area contributed by atoms with E-state index in [1.807, 2.05) is 20.9 Å². The van der Waals surface area contributed by atoms with Gasteiger partial charge in [0.05, 0.1) is 35.3 Å². The van der Waals surface area contributed by atoms with Crippen LogP contribution in [0.1, 0.15) is 82.5 Å². The van der Waals surface area contributed by atoms with Crippen molar-refractivity contribution in [2.24, 2.45) is 11.8 Å². The van der Waals surface area contributed by atoms with Crippen LogP contribution in [-0.4, -0.2) is 86.7 Å². The second-order valence-corrected chi connectivity index (χ2v) is 14.8. The molecular formula is C35H50FN3O7S. The molecule has 47 heavy (non-hydrogen) atoms. The Hall–Kier alpha value is -3.22. The number of aliphatic hydroxyl groups is 1. The van der Waals surface area contributed by atoms with Crippen LogP contribution in [0.3, 0.4) is 0 Å². The number of carbonyl (C=O) groups excluding carboxylic acids is 2. The molecule has 0 spiro atoms. The van der Waals surface area contributed by atoms with E-state index < -0.39 is 27.8 Å². The summed E-state index contributed by atoms with van der Waals surface area (Å²) in [7, 11) is -2.26. The molecule has 4 atom stereocenters. The quantitative estimate of drug-likeness (QED) is 0.381. The van der Waals surface area contributed by atoms with Crippen molar-refractivity contribution in [3.63, 3.8) is 0 Å². The van der Waals surface area contributed by atoms with Crippen LogP contribution in [0.5, 0.6) is 5.75 Å². The number of hydrogen-bond acceptors (Lipinski definition) is 7. The summed E-state index contributed by atoms with van der Waals surface area (Å²) >= 11 is 0. The first-order valence-electron chi connectivity index (χ1n) is 16.8. The SMILES string of the molecule is C[C@@H]1CCCCO[C@H](CN(C)C(=O)C2CCCCC2)[C@H](C)CN([C@H](C)CO)C(=O)c2cc(NS(=O)(=O)c3ccc(F)cc3)ccc2O1. The first kappa shape index (κ1) is 36.6. The monoisotopic (exact) mass is 675 g/mol. The summed E-state index contributed by atoms with van der Waals surface area (Å²) in [5.74, 6) is -0.742. The number of sulfonamides is 1. The molecule has 260 valence electrons. The zero-order valence-electron chi connectivity index (χ0n) is 28.0. The number of hydrogen-bond donors (Lipinski definition) is 2. The van der Waals surface area contributed by atoms with Gasteiger partial charge >= 0.3 is 0 Å². The number of carbonyl (C=O) groups is 2. The Labute approximate surface area is 278 Å². The zero-order chi connectivity index (χ0) is 34.1. The first-order chi connectivity index (χ1) is 22.4. The fourth-order valence-corrected chi connectivity index (χ4v) is 7.35. The Bertz CT molecular complexity index is 1450. The minimum absolute atomic E-state index is 0.0303. The van der Waals surface area contributed by atoms with E-state index in [1.54, 1.807) is 22.8 Å². The molecule has 12 heteroatoms. The smallest absolute Gasteiger partial charge is 0.261 e. The lowest BCUT2D eigenvalue weighted by atomic mass is 9.88. The topological polar surface area (TPSA) is 125 Å². The van der Waals surface area contributed by atoms with E-state index in [1.165, 1.54) is 12.1 Å². The lowest BCUT2D eigenvalue weighted by Gasteiger charge is -2.36. The van der Waals surface area contributed by atoms with Gasteiger partial charge in [0.15, 0.2) is 0 Å². The highest BCUT2D eigenvalue weighted by molar-refractivity contribution is 7.92. The van der Waals surface area contributed by atoms with Gasteiger partial charge in [0.1, 0.15) is 11.6 Å². The van der Waals surface area contributed by atoms with Gasteiger partial charge in [-0.15, -0.1) is 0 Å². The van der Waals surface area contributed by atoms with Gasteiger partial charge in [-0.3, -0.25) is 14.3 Å². The van der Waals surface area contributed by atoms with E-state index in [2.05, 4.69) is 4.72 Å². The number of nitrogens with one attached hydrogen (secondary N) is 1. The van der Waals surface area contributed by atoms with Crippen LogP contribution in [-0.2, 0) is 19.6 Å². The molecule has 1 fully saturated rings. The van der Waals surface area contributed by atoms with Gasteiger partial charge < -0.3 is 24.4 Å². The van der Waals surface area contributed by atoms with Crippen molar-refractivity contribution >= 4 is 27.5 Å². The number of likely N-dealkylation sites (N-methyl/N-ethyl adjacent to an activating group) is 1. The Balaban J connectivity index is 1.64. The van der Waals surface area contributed by atoms with Gasteiger partial charge in [-0.2, -0.15) is 0 Å². The molecule has 1 aliphatic heterocycles. The average Bonchev–Trinajstić information content (AvgIpc) is 3.06. The Morgan fingerprint density at radius 2 is 1.74 bits per heavy atom. The molecule has 0 saturated heterocycles. The molecule has 2 N–H and O–H groups in total. The van der Waals surface area contributed by atoms with E-state index in [0.29, 0.717) is 25.3 Å². The summed E-state index contributed by atoms with van der Waals surface area (Å²) in [4.78, 5) is 30.9. The van der Waals surface area contributed by atoms with Crippen LogP contribution < -0.4 is 9.46 Å². The van der Waals surface area contributed by atoms with Crippen molar-refractivity contribution in [1.29, 1.82) is 0 Å². The van der Waals surface area contributed by atoms with Gasteiger partial charge in [0.2, 0.25) is 5.91 Å². The molecule has 4 rings (SSSR count). The number of benzene rings is 2. The first-order valence-corrected chi connectivity index (χ1v) is 18.3.